The lowest BCUT2D eigenvalue weighted by molar-refractivity contribution is -0.141. The molecule has 1 saturated heterocycles. The lowest BCUT2D eigenvalue weighted by Gasteiger charge is -2.32. The van der Waals surface area contributed by atoms with Crippen LogP contribution in [0.2, 0.25) is 0 Å². The minimum absolute atomic E-state index is 0.0299. The van der Waals surface area contributed by atoms with Gasteiger partial charge in [-0.1, -0.05) is 0 Å². The van der Waals surface area contributed by atoms with Gasteiger partial charge < -0.3 is 23.8 Å². The van der Waals surface area contributed by atoms with Crippen LogP contribution in [0, 0.1) is 5.92 Å². The van der Waals surface area contributed by atoms with E-state index in [1.165, 1.54) is 0 Å². The molecule has 0 unspecified atom stereocenters. The number of benzene rings is 1. The maximum atomic E-state index is 13.0. The molecule has 1 aliphatic rings. The van der Waals surface area contributed by atoms with E-state index >= 15 is 0 Å². The van der Waals surface area contributed by atoms with Crippen molar-refractivity contribution in [3.05, 3.63) is 17.7 Å². The molecule has 6 heteroatoms. The van der Waals surface area contributed by atoms with Gasteiger partial charge in [0.25, 0.3) is 0 Å². The quantitative estimate of drug-likeness (QED) is 0.756. The molecule has 0 spiro atoms. The molecular formula is C19H29NO5. The van der Waals surface area contributed by atoms with Crippen molar-refractivity contribution in [1.82, 2.24) is 4.90 Å². The SMILES string of the molecule is COc1cc(OC)c(OC)cc1CN(C(=O)C1CCOCC1)C(C)C. The Kier molecular flexibility index (Phi) is 6.93. The minimum Gasteiger partial charge on any atom is -0.496 e. The number of carbonyl (C=O) groups is 1. The van der Waals surface area contributed by atoms with Crippen LogP contribution in [0.4, 0.5) is 0 Å². The Hall–Kier alpha value is -1.95. The number of ether oxygens (including phenoxy) is 4. The summed E-state index contributed by atoms with van der Waals surface area (Å²) in [6.07, 6.45) is 1.57. The summed E-state index contributed by atoms with van der Waals surface area (Å²) in [6.45, 7) is 5.84. The summed E-state index contributed by atoms with van der Waals surface area (Å²) < 4.78 is 21.6. The van der Waals surface area contributed by atoms with Crippen LogP contribution in [-0.4, -0.2) is 51.4 Å². The van der Waals surface area contributed by atoms with E-state index in [2.05, 4.69) is 0 Å². The first-order chi connectivity index (χ1) is 12.0. The van der Waals surface area contributed by atoms with Crippen LogP contribution < -0.4 is 14.2 Å². The third kappa shape index (κ3) is 4.57. The molecular weight excluding hydrogens is 322 g/mol. The molecule has 1 aliphatic heterocycles. The maximum absolute atomic E-state index is 13.0. The molecule has 0 atom stereocenters. The summed E-state index contributed by atoms with van der Waals surface area (Å²) in [4.78, 5) is 14.9. The molecule has 1 aromatic carbocycles. The van der Waals surface area contributed by atoms with Crippen LogP contribution in [0.1, 0.15) is 32.3 Å². The number of hydrogen-bond acceptors (Lipinski definition) is 5. The monoisotopic (exact) mass is 351 g/mol. The lowest BCUT2D eigenvalue weighted by Crippen LogP contribution is -2.42. The van der Waals surface area contributed by atoms with E-state index in [1.807, 2.05) is 24.8 Å². The van der Waals surface area contributed by atoms with E-state index in [1.54, 1.807) is 27.4 Å². The largest absolute Gasteiger partial charge is 0.496 e. The van der Waals surface area contributed by atoms with Crippen molar-refractivity contribution in [3.63, 3.8) is 0 Å². The summed E-state index contributed by atoms with van der Waals surface area (Å²) in [5.41, 5.74) is 0.897. The summed E-state index contributed by atoms with van der Waals surface area (Å²) >= 11 is 0. The highest BCUT2D eigenvalue weighted by Crippen LogP contribution is 2.35. The molecule has 0 radical (unpaired) electrons. The average molecular weight is 351 g/mol. The molecule has 1 aromatic rings. The Balaban J connectivity index is 2.27. The summed E-state index contributed by atoms with van der Waals surface area (Å²) in [7, 11) is 4.80. The normalized spacial score (nSPS) is 15.1. The Morgan fingerprint density at radius 2 is 1.64 bits per heavy atom. The van der Waals surface area contributed by atoms with E-state index in [0.29, 0.717) is 37.0 Å². The highest BCUT2D eigenvalue weighted by molar-refractivity contribution is 5.79. The van der Waals surface area contributed by atoms with Crippen molar-refractivity contribution >= 4 is 5.91 Å². The third-order valence-electron chi connectivity index (χ3n) is 4.60. The summed E-state index contributed by atoms with van der Waals surface area (Å²) in [5.74, 6) is 2.12. The molecule has 0 bridgehead atoms. The van der Waals surface area contributed by atoms with Gasteiger partial charge in [-0.15, -0.1) is 0 Å². The first kappa shape index (κ1) is 19.4. The second kappa shape index (κ2) is 8.94. The lowest BCUT2D eigenvalue weighted by atomic mass is 9.97. The molecule has 1 fully saturated rings. The molecule has 140 valence electrons. The zero-order chi connectivity index (χ0) is 18.4. The number of methoxy groups -OCH3 is 3. The van der Waals surface area contributed by atoms with Crippen LogP contribution >= 0.6 is 0 Å². The molecule has 0 N–H and O–H groups in total. The standard InChI is InChI=1S/C19H29NO5/c1-13(2)20(19(21)14-6-8-25-9-7-14)12-15-10-17(23-4)18(24-5)11-16(15)22-3/h10-11,13-14H,6-9,12H2,1-5H3. The van der Waals surface area contributed by atoms with Gasteiger partial charge in [-0.25, -0.2) is 0 Å². The van der Waals surface area contributed by atoms with Crippen molar-refractivity contribution in [1.29, 1.82) is 0 Å². The minimum atomic E-state index is 0.0299. The van der Waals surface area contributed by atoms with Crippen molar-refractivity contribution < 1.29 is 23.7 Å². The number of nitrogens with zero attached hydrogens (tertiary/aromatic N) is 1. The number of amides is 1. The average Bonchev–Trinajstić information content (AvgIpc) is 2.65. The zero-order valence-electron chi connectivity index (χ0n) is 15.8. The van der Waals surface area contributed by atoms with Gasteiger partial charge in [0.2, 0.25) is 5.91 Å². The first-order valence-corrected chi connectivity index (χ1v) is 8.68. The van der Waals surface area contributed by atoms with Gasteiger partial charge in [0, 0.05) is 43.3 Å². The van der Waals surface area contributed by atoms with Gasteiger partial charge in [-0.2, -0.15) is 0 Å². The predicted molar refractivity (Wildman–Crippen MR) is 95.3 cm³/mol. The molecule has 25 heavy (non-hydrogen) atoms. The van der Waals surface area contributed by atoms with Crippen molar-refractivity contribution in [3.8, 4) is 17.2 Å². The van der Waals surface area contributed by atoms with E-state index in [4.69, 9.17) is 18.9 Å². The van der Waals surface area contributed by atoms with Crippen LogP contribution in [0.25, 0.3) is 0 Å². The van der Waals surface area contributed by atoms with Gasteiger partial charge in [-0.05, 0) is 32.8 Å². The van der Waals surface area contributed by atoms with Gasteiger partial charge in [0.1, 0.15) is 5.75 Å². The second-order valence-corrected chi connectivity index (χ2v) is 6.47. The number of rotatable bonds is 7. The maximum Gasteiger partial charge on any atom is 0.226 e. The second-order valence-electron chi connectivity index (χ2n) is 6.47. The molecule has 2 rings (SSSR count). The zero-order valence-corrected chi connectivity index (χ0v) is 15.8. The van der Waals surface area contributed by atoms with Crippen molar-refractivity contribution in [2.45, 2.75) is 39.3 Å². The Labute approximate surface area is 150 Å². The molecule has 6 nitrogen and oxygen atoms in total. The van der Waals surface area contributed by atoms with Gasteiger partial charge in [-0.3, -0.25) is 4.79 Å². The molecule has 0 saturated carbocycles. The highest BCUT2D eigenvalue weighted by atomic mass is 16.5. The van der Waals surface area contributed by atoms with Gasteiger partial charge in [0.15, 0.2) is 11.5 Å². The smallest absolute Gasteiger partial charge is 0.226 e. The van der Waals surface area contributed by atoms with E-state index in [-0.39, 0.29) is 17.9 Å². The molecule has 1 heterocycles. The highest BCUT2D eigenvalue weighted by Gasteiger charge is 2.29. The van der Waals surface area contributed by atoms with E-state index < -0.39 is 0 Å². The Morgan fingerprint density at radius 1 is 1.08 bits per heavy atom. The molecule has 1 amide bonds. The van der Waals surface area contributed by atoms with Crippen LogP contribution in [0.5, 0.6) is 17.2 Å². The number of carbonyl (C=O) groups excluding carboxylic acids is 1. The van der Waals surface area contributed by atoms with Crippen LogP contribution in [0.15, 0.2) is 12.1 Å². The van der Waals surface area contributed by atoms with Gasteiger partial charge in [0.05, 0.1) is 21.3 Å². The van der Waals surface area contributed by atoms with E-state index in [9.17, 15) is 4.79 Å². The summed E-state index contributed by atoms with van der Waals surface area (Å²) in [5, 5.41) is 0. The Morgan fingerprint density at radius 3 is 2.16 bits per heavy atom. The number of hydrogen-bond donors (Lipinski definition) is 0. The fourth-order valence-electron chi connectivity index (χ4n) is 3.09. The topological polar surface area (TPSA) is 57.2 Å². The summed E-state index contributed by atoms with van der Waals surface area (Å²) in [6, 6.07) is 3.77. The van der Waals surface area contributed by atoms with Gasteiger partial charge >= 0.3 is 0 Å². The third-order valence-corrected chi connectivity index (χ3v) is 4.60. The van der Waals surface area contributed by atoms with Crippen LogP contribution in [0.3, 0.4) is 0 Å². The fraction of sp³-hybridized carbons (Fsp3) is 0.632. The fourth-order valence-corrected chi connectivity index (χ4v) is 3.09. The molecule has 0 aliphatic carbocycles. The van der Waals surface area contributed by atoms with Crippen LogP contribution in [-0.2, 0) is 16.1 Å². The predicted octanol–water partition coefficient (Wildman–Crippen LogP) is 2.88. The van der Waals surface area contributed by atoms with Crippen molar-refractivity contribution in [2.24, 2.45) is 5.92 Å². The van der Waals surface area contributed by atoms with Crippen molar-refractivity contribution in [2.75, 3.05) is 34.5 Å². The Bertz CT molecular complexity index is 581. The first-order valence-electron chi connectivity index (χ1n) is 8.68. The van der Waals surface area contributed by atoms with E-state index in [0.717, 1.165) is 18.4 Å². The molecule has 0 aromatic heterocycles.